The summed E-state index contributed by atoms with van der Waals surface area (Å²) in [7, 11) is 3.33. The number of nitrogens with two attached hydrogens (primary N) is 1. The lowest BCUT2D eigenvalue weighted by atomic mass is 9.98. The van der Waals surface area contributed by atoms with Gasteiger partial charge < -0.3 is 14.8 Å². The molecule has 3 aromatic carbocycles. The van der Waals surface area contributed by atoms with E-state index in [0.717, 1.165) is 49.7 Å². The molecule has 1 amide bonds. The van der Waals surface area contributed by atoms with Gasteiger partial charge in [-0.3, -0.25) is 9.69 Å². The highest BCUT2D eigenvalue weighted by Gasteiger charge is 2.19. The van der Waals surface area contributed by atoms with Gasteiger partial charge >= 0.3 is 0 Å². The van der Waals surface area contributed by atoms with E-state index in [1.54, 1.807) is 26.4 Å². The molecule has 0 unspecified atom stereocenters. The molecule has 8 nitrogen and oxygen atoms in total. The Morgan fingerprint density at radius 3 is 2.26 bits per heavy atom. The van der Waals surface area contributed by atoms with Gasteiger partial charge in [0.1, 0.15) is 0 Å². The van der Waals surface area contributed by atoms with E-state index in [2.05, 4.69) is 22.3 Å². The largest absolute Gasteiger partial charge is 0.493 e. The summed E-state index contributed by atoms with van der Waals surface area (Å²) in [5.74, 6) is 6.46. The van der Waals surface area contributed by atoms with Crippen LogP contribution in [0.1, 0.15) is 27.0 Å². The lowest BCUT2D eigenvalue weighted by Gasteiger charge is -2.29. The van der Waals surface area contributed by atoms with E-state index in [1.165, 1.54) is 28.8 Å². The zero-order chi connectivity index (χ0) is 24.1. The fourth-order valence-corrected chi connectivity index (χ4v) is 4.14. The van der Waals surface area contributed by atoms with Crippen LogP contribution < -0.4 is 20.6 Å². The van der Waals surface area contributed by atoms with E-state index in [4.69, 9.17) is 15.3 Å². The number of nitrogens with zero attached hydrogens (tertiary/aromatic N) is 2. The zero-order valence-electron chi connectivity index (χ0n) is 19.4. The van der Waals surface area contributed by atoms with Crippen LogP contribution in [0.3, 0.4) is 0 Å². The average molecular weight is 462 g/mol. The van der Waals surface area contributed by atoms with Crippen LogP contribution in [0.15, 0.2) is 60.7 Å². The highest BCUT2D eigenvalue weighted by molar-refractivity contribution is 6.04. The molecule has 8 heteroatoms. The molecule has 0 saturated carbocycles. The number of rotatable bonds is 8. The van der Waals surface area contributed by atoms with Crippen LogP contribution in [0.5, 0.6) is 11.5 Å². The third kappa shape index (κ3) is 5.35. The van der Waals surface area contributed by atoms with Crippen LogP contribution >= 0.6 is 0 Å². The van der Waals surface area contributed by atoms with Crippen LogP contribution in [0.25, 0.3) is 0 Å². The van der Waals surface area contributed by atoms with Crippen LogP contribution in [0.4, 0.5) is 11.4 Å². The number of hydrogen-bond donors (Lipinski definition) is 2. The second kappa shape index (κ2) is 10.4. The fraction of sp³-hybridized carbons (Fsp3) is 0.269. The van der Waals surface area contributed by atoms with Gasteiger partial charge in [-0.1, -0.05) is 12.1 Å². The first-order valence-electron chi connectivity index (χ1n) is 11.2. The molecule has 0 aromatic heterocycles. The number of fused-ring (bicyclic) bond motifs is 1. The Bertz CT molecular complexity index is 1180. The van der Waals surface area contributed by atoms with Gasteiger partial charge in [-0.25, -0.2) is 0 Å². The van der Waals surface area contributed by atoms with E-state index in [9.17, 15) is 9.70 Å². The molecular weight excluding hydrogens is 432 g/mol. The predicted octanol–water partition coefficient (Wildman–Crippen LogP) is 3.84. The number of carbonyl (C=O) groups excluding carboxylic acids is 1. The quantitative estimate of drug-likeness (QED) is 0.301. The van der Waals surface area contributed by atoms with Gasteiger partial charge in [0.2, 0.25) is 0 Å². The Morgan fingerprint density at radius 1 is 1.00 bits per heavy atom. The SMILES string of the molecule is COc1cc2c(cc1OC)CN(CCc1ccc(NC(=O)c3ccc([N+](N)=O)cc3)cc1)CC2. The van der Waals surface area contributed by atoms with Crippen molar-refractivity contribution < 1.29 is 19.1 Å². The summed E-state index contributed by atoms with van der Waals surface area (Å²) in [4.78, 5) is 26.2. The molecule has 1 heterocycles. The minimum absolute atomic E-state index is 0.243. The van der Waals surface area contributed by atoms with Gasteiger partial charge in [0, 0.05) is 43.0 Å². The zero-order valence-corrected chi connectivity index (χ0v) is 19.4. The molecule has 0 atom stereocenters. The van der Waals surface area contributed by atoms with Crippen molar-refractivity contribution in [3.63, 3.8) is 0 Å². The molecule has 176 valence electrons. The number of benzene rings is 3. The van der Waals surface area contributed by atoms with Crippen LogP contribution in [0, 0.1) is 4.91 Å². The Kier molecular flexibility index (Phi) is 7.08. The summed E-state index contributed by atoms with van der Waals surface area (Å²) in [6.45, 7) is 2.84. The van der Waals surface area contributed by atoms with Crippen LogP contribution in [0.2, 0.25) is 0 Å². The highest BCUT2D eigenvalue weighted by atomic mass is 16.5. The van der Waals surface area contributed by atoms with Gasteiger partial charge in [-0.2, -0.15) is 5.84 Å². The molecule has 1 aliphatic heterocycles. The van der Waals surface area contributed by atoms with Gasteiger partial charge in [0.05, 0.1) is 19.1 Å². The van der Waals surface area contributed by atoms with E-state index >= 15 is 0 Å². The lowest BCUT2D eigenvalue weighted by molar-refractivity contribution is -0.474. The molecule has 0 fully saturated rings. The third-order valence-corrected chi connectivity index (χ3v) is 6.11. The van der Waals surface area contributed by atoms with Crippen LogP contribution in [-0.4, -0.2) is 43.0 Å². The molecule has 0 radical (unpaired) electrons. The molecule has 0 bridgehead atoms. The third-order valence-electron chi connectivity index (χ3n) is 6.11. The molecule has 34 heavy (non-hydrogen) atoms. The van der Waals surface area contributed by atoms with Crippen LogP contribution in [-0.2, 0) is 19.4 Å². The molecule has 0 aliphatic carbocycles. The number of amides is 1. The summed E-state index contributed by atoms with van der Waals surface area (Å²) in [5, 5.41) is 2.88. The Morgan fingerprint density at radius 2 is 1.65 bits per heavy atom. The number of ether oxygens (including phenoxy) is 2. The van der Waals surface area contributed by atoms with E-state index in [-0.39, 0.29) is 16.5 Å². The number of hydrazine groups is 1. The van der Waals surface area contributed by atoms with Gasteiger partial charge in [0.15, 0.2) is 16.4 Å². The molecule has 3 aromatic rings. The Hall–Kier alpha value is -3.91. The number of methoxy groups -OCH3 is 2. The predicted molar refractivity (Wildman–Crippen MR) is 131 cm³/mol. The summed E-state index contributed by atoms with van der Waals surface area (Å²) in [6.07, 6.45) is 1.91. The standard InChI is InChI=1S/C26H28N4O4/c1-33-24-15-20-12-14-29(17-21(20)16-25(24)34-2)13-11-18-3-7-22(8-4-18)28-26(31)19-5-9-23(10-6-19)30(27)32/h3-10,15-16H,11-14,17H2,1-2H3,(H2-,27,28,31,32)/p+1. The lowest BCUT2D eigenvalue weighted by Crippen LogP contribution is -2.32. The first-order valence-corrected chi connectivity index (χ1v) is 11.2. The van der Waals surface area contributed by atoms with Gasteiger partial charge in [-0.15, -0.1) is 0 Å². The fourth-order valence-electron chi connectivity index (χ4n) is 4.14. The van der Waals surface area contributed by atoms with Crippen molar-refractivity contribution in [2.24, 2.45) is 5.84 Å². The Labute approximate surface area is 198 Å². The number of nitroso groups, excluding NO2 is 1. The normalized spacial score (nSPS) is 13.1. The first-order chi connectivity index (χ1) is 16.5. The smallest absolute Gasteiger partial charge is 0.291 e. The van der Waals surface area contributed by atoms with E-state index in [1.807, 2.05) is 24.3 Å². The van der Waals surface area contributed by atoms with Gasteiger partial charge in [-0.05, 0) is 65.9 Å². The Balaban J connectivity index is 1.31. The number of nitrogens with one attached hydrogen (secondary N) is 1. The number of anilines is 1. The number of carbonyl (C=O) groups is 1. The monoisotopic (exact) mass is 461 g/mol. The minimum atomic E-state index is -0.243. The van der Waals surface area contributed by atoms with Gasteiger partial charge in [0.25, 0.3) is 11.6 Å². The summed E-state index contributed by atoms with van der Waals surface area (Å²) >= 11 is 0. The average Bonchev–Trinajstić information content (AvgIpc) is 2.87. The topological polar surface area (TPSA) is 96.9 Å². The summed E-state index contributed by atoms with van der Waals surface area (Å²) in [6, 6.07) is 18.2. The van der Waals surface area contributed by atoms with Crippen molar-refractivity contribution in [1.29, 1.82) is 0 Å². The minimum Gasteiger partial charge on any atom is -0.493 e. The molecule has 3 N–H and O–H groups in total. The van der Waals surface area contributed by atoms with Crippen molar-refractivity contribution in [2.45, 2.75) is 19.4 Å². The van der Waals surface area contributed by atoms with Crippen molar-refractivity contribution in [2.75, 3.05) is 32.6 Å². The number of hydrogen-bond acceptors (Lipinski definition) is 5. The van der Waals surface area contributed by atoms with E-state index in [0.29, 0.717) is 5.56 Å². The van der Waals surface area contributed by atoms with Crippen molar-refractivity contribution in [3.8, 4) is 11.5 Å². The molecule has 0 spiro atoms. The first kappa shape index (κ1) is 23.3. The second-order valence-corrected chi connectivity index (χ2v) is 8.28. The molecule has 0 saturated heterocycles. The maximum absolute atomic E-state index is 12.4. The maximum atomic E-state index is 12.4. The summed E-state index contributed by atoms with van der Waals surface area (Å²) < 4.78 is 10.9. The van der Waals surface area contributed by atoms with Crippen molar-refractivity contribution in [1.82, 2.24) is 4.90 Å². The molecule has 1 aliphatic rings. The van der Waals surface area contributed by atoms with Crippen molar-refractivity contribution in [3.05, 3.63) is 87.8 Å². The summed E-state index contributed by atoms with van der Waals surface area (Å²) in [5.41, 5.74) is 5.27. The van der Waals surface area contributed by atoms with E-state index < -0.39 is 0 Å². The maximum Gasteiger partial charge on any atom is 0.291 e. The second-order valence-electron chi connectivity index (χ2n) is 8.28. The highest BCUT2D eigenvalue weighted by Crippen LogP contribution is 2.33. The van der Waals surface area contributed by atoms with Crippen molar-refractivity contribution >= 4 is 17.3 Å². The molecular formula is C26H29N4O4+. The molecule has 4 rings (SSSR count).